The molecule has 3 saturated carbocycles. The number of carbonyl (C=O) groups excluding carboxylic acids is 2. The fraction of sp³-hybridized carbons (Fsp3) is 0.714. The Balaban J connectivity index is 1.65. The predicted molar refractivity (Wildman–Crippen MR) is 98.3 cm³/mol. The summed E-state index contributed by atoms with van der Waals surface area (Å²) < 4.78 is 5.11. The third-order valence-electron chi connectivity index (χ3n) is 8.05. The zero-order valence-electron chi connectivity index (χ0n) is 15.2. The number of esters is 1. The molecular formula is C21H27ClO4. The van der Waals surface area contributed by atoms with Crippen molar-refractivity contribution in [2.75, 3.05) is 12.7 Å². The minimum atomic E-state index is -0.365. The smallest absolute Gasteiger partial charge is 0.310 e. The first-order valence-electron chi connectivity index (χ1n) is 9.74. The SMILES string of the molecule is C[C@]12C=CC(=O)C=C1CC[C@H]1[C@@H]3CCC(C(=O)OCCl)[C@@]3(CO)CC[C@@H]12. The molecular weight excluding hydrogens is 352 g/mol. The van der Waals surface area contributed by atoms with E-state index in [0.29, 0.717) is 17.8 Å². The average molecular weight is 379 g/mol. The number of allylic oxidation sites excluding steroid dienone is 4. The van der Waals surface area contributed by atoms with E-state index < -0.39 is 0 Å². The highest BCUT2D eigenvalue weighted by Crippen LogP contribution is 2.66. The normalized spacial score (nSPS) is 44.0. The Morgan fingerprint density at radius 1 is 1.31 bits per heavy atom. The minimum Gasteiger partial charge on any atom is -0.449 e. The van der Waals surface area contributed by atoms with Gasteiger partial charge in [-0.25, -0.2) is 0 Å². The van der Waals surface area contributed by atoms with Crippen molar-refractivity contribution < 1.29 is 19.4 Å². The number of hydrogen-bond donors (Lipinski definition) is 1. The molecule has 0 radical (unpaired) electrons. The highest BCUT2D eigenvalue weighted by atomic mass is 35.5. The monoisotopic (exact) mass is 378 g/mol. The molecule has 4 nitrogen and oxygen atoms in total. The number of halogens is 1. The molecule has 0 aromatic rings. The van der Waals surface area contributed by atoms with Crippen molar-refractivity contribution in [2.24, 2.45) is 34.5 Å². The lowest BCUT2D eigenvalue weighted by molar-refractivity contribution is -0.157. The lowest BCUT2D eigenvalue weighted by Crippen LogP contribution is -2.52. The van der Waals surface area contributed by atoms with Crippen molar-refractivity contribution in [3.63, 3.8) is 0 Å². The van der Waals surface area contributed by atoms with Gasteiger partial charge in [0.1, 0.15) is 0 Å². The fourth-order valence-corrected chi connectivity index (χ4v) is 6.93. The molecule has 0 amide bonds. The number of ether oxygens (including phenoxy) is 1. The zero-order chi connectivity index (χ0) is 18.5. The molecule has 0 spiro atoms. The van der Waals surface area contributed by atoms with Gasteiger partial charge in [-0.2, -0.15) is 0 Å². The van der Waals surface area contributed by atoms with E-state index in [1.54, 1.807) is 6.08 Å². The number of fused-ring (bicyclic) bond motifs is 5. The summed E-state index contributed by atoms with van der Waals surface area (Å²) in [7, 11) is 0. The van der Waals surface area contributed by atoms with Crippen LogP contribution in [0.15, 0.2) is 23.8 Å². The lowest BCUT2D eigenvalue weighted by atomic mass is 9.47. The Labute approximate surface area is 159 Å². The summed E-state index contributed by atoms with van der Waals surface area (Å²) in [5, 5.41) is 10.4. The summed E-state index contributed by atoms with van der Waals surface area (Å²) in [6.45, 7) is 2.30. The number of rotatable bonds is 3. The number of carbonyl (C=O) groups is 2. The summed E-state index contributed by atoms with van der Waals surface area (Å²) in [6, 6.07) is -0.126. The van der Waals surface area contributed by atoms with Crippen LogP contribution in [0, 0.1) is 34.5 Å². The van der Waals surface area contributed by atoms with Crippen LogP contribution in [0.4, 0.5) is 0 Å². The van der Waals surface area contributed by atoms with Crippen molar-refractivity contribution in [1.82, 2.24) is 0 Å². The summed E-state index contributed by atoms with van der Waals surface area (Å²) in [4.78, 5) is 24.3. The maximum absolute atomic E-state index is 12.5. The van der Waals surface area contributed by atoms with Crippen molar-refractivity contribution in [1.29, 1.82) is 0 Å². The third kappa shape index (κ3) is 2.45. The molecule has 1 N–H and O–H groups in total. The van der Waals surface area contributed by atoms with E-state index in [-0.39, 0.29) is 41.2 Å². The van der Waals surface area contributed by atoms with E-state index in [9.17, 15) is 14.7 Å². The Kier molecular flexibility index (Phi) is 4.55. The third-order valence-corrected chi connectivity index (χ3v) is 8.16. The maximum atomic E-state index is 12.5. The van der Waals surface area contributed by atoms with E-state index in [1.807, 2.05) is 6.08 Å². The molecule has 26 heavy (non-hydrogen) atoms. The van der Waals surface area contributed by atoms with E-state index >= 15 is 0 Å². The second-order valence-corrected chi connectivity index (χ2v) is 8.95. The predicted octanol–water partition coefficient (Wildman–Crippen LogP) is 3.62. The van der Waals surface area contributed by atoms with Gasteiger partial charge in [0.2, 0.25) is 0 Å². The van der Waals surface area contributed by atoms with Crippen LogP contribution in [0.2, 0.25) is 0 Å². The molecule has 5 heteroatoms. The number of aliphatic hydroxyl groups excluding tert-OH is 1. The zero-order valence-corrected chi connectivity index (χ0v) is 16.0. The highest BCUT2D eigenvalue weighted by molar-refractivity contribution is 6.17. The number of alkyl halides is 1. The molecule has 3 fully saturated rings. The second kappa shape index (κ2) is 6.49. The van der Waals surface area contributed by atoms with Crippen molar-refractivity contribution in [3.8, 4) is 0 Å². The van der Waals surface area contributed by atoms with Gasteiger partial charge in [0.25, 0.3) is 0 Å². The van der Waals surface area contributed by atoms with Crippen LogP contribution in [0.5, 0.6) is 0 Å². The van der Waals surface area contributed by atoms with Crippen LogP contribution in [0.1, 0.15) is 45.4 Å². The Hall–Kier alpha value is -1.13. The van der Waals surface area contributed by atoms with E-state index in [4.69, 9.17) is 16.3 Å². The van der Waals surface area contributed by atoms with Crippen molar-refractivity contribution in [3.05, 3.63) is 23.8 Å². The molecule has 0 aliphatic heterocycles. The standard InChI is InChI=1S/C21H27ClO4/c1-20-8-6-14(24)10-13(20)2-3-15-16(20)7-9-21(11-23)17(15)4-5-18(21)19(25)26-12-22/h6,8,10,15-18,23H,2-5,7,9,11-12H2,1H3/t15-,16+,17+,18?,20+,21-/m1/s1. The molecule has 6 atom stereocenters. The van der Waals surface area contributed by atoms with Crippen LogP contribution in [0.3, 0.4) is 0 Å². The first kappa shape index (κ1) is 18.2. The van der Waals surface area contributed by atoms with Crippen LogP contribution in [-0.4, -0.2) is 29.5 Å². The quantitative estimate of drug-likeness (QED) is 0.601. The first-order chi connectivity index (χ1) is 12.5. The van der Waals surface area contributed by atoms with Gasteiger partial charge >= 0.3 is 5.97 Å². The molecule has 4 aliphatic carbocycles. The first-order valence-corrected chi connectivity index (χ1v) is 10.3. The molecule has 0 aromatic carbocycles. The molecule has 0 aromatic heterocycles. The van der Waals surface area contributed by atoms with Gasteiger partial charge in [0, 0.05) is 17.4 Å². The van der Waals surface area contributed by atoms with Gasteiger partial charge in [0.15, 0.2) is 11.8 Å². The van der Waals surface area contributed by atoms with E-state index in [1.165, 1.54) is 5.57 Å². The van der Waals surface area contributed by atoms with E-state index in [2.05, 4.69) is 13.0 Å². The summed E-state index contributed by atoms with van der Waals surface area (Å²) in [6.07, 6.45) is 11.2. The van der Waals surface area contributed by atoms with Gasteiger partial charge in [0.05, 0.1) is 5.92 Å². The van der Waals surface area contributed by atoms with Gasteiger partial charge < -0.3 is 9.84 Å². The van der Waals surface area contributed by atoms with Crippen LogP contribution >= 0.6 is 11.6 Å². The number of hydrogen-bond acceptors (Lipinski definition) is 4. The molecule has 0 heterocycles. The van der Waals surface area contributed by atoms with Gasteiger partial charge in [-0.15, -0.1) is 0 Å². The summed E-state index contributed by atoms with van der Waals surface area (Å²) >= 11 is 5.61. The number of aliphatic hydroxyl groups is 1. The summed E-state index contributed by atoms with van der Waals surface area (Å²) in [5.41, 5.74) is 0.836. The second-order valence-electron chi connectivity index (χ2n) is 8.74. The largest absolute Gasteiger partial charge is 0.449 e. The molecule has 0 saturated heterocycles. The topological polar surface area (TPSA) is 63.6 Å². The van der Waals surface area contributed by atoms with Gasteiger partial charge in [-0.3, -0.25) is 9.59 Å². The van der Waals surface area contributed by atoms with E-state index in [0.717, 1.165) is 38.5 Å². The highest BCUT2D eigenvalue weighted by Gasteiger charge is 2.62. The molecule has 4 aliphatic rings. The Bertz CT molecular complexity index is 683. The van der Waals surface area contributed by atoms with Crippen LogP contribution in [0.25, 0.3) is 0 Å². The van der Waals surface area contributed by atoms with Crippen LogP contribution < -0.4 is 0 Å². The maximum Gasteiger partial charge on any atom is 0.310 e. The molecule has 4 rings (SSSR count). The molecule has 1 unspecified atom stereocenters. The van der Waals surface area contributed by atoms with Crippen molar-refractivity contribution >= 4 is 23.4 Å². The Morgan fingerprint density at radius 2 is 2.12 bits per heavy atom. The molecule has 142 valence electrons. The average Bonchev–Trinajstić information content (AvgIpc) is 3.02. The number of ketones is 1. The fourth-order valence-electron chi connectivity index (χ4n) is 6.82. The van der Waals surface area contributed by atoms with Gasteiger partial charge in [-0.05, 0) is 68.4 Å². The van der Waals surface area contributed by atoms with Gasteiger partial charge in [-0.1, -0.05) is 30.2 Å². The van der Waals surface area contributed by atoms with Crippen LogP contribution in [-0.2, 0) is 14.3 Å². The van der Waals surface area contributed by atoms with Crippen molar-refractivity contribution in [2.45, 2.75) is 45.4 Å². The summed E-state index contributed by atoms with van der Waals surface area (Å²) in [5.74, 6) is 0.889. The lowest BCUT2D eigenvalue weighted by Gasteiger charge is -2.57. The molecule has 0 bridgehead atoms. The Morgan fingerprint density at radius 3 is 2.85 bits per heavy atom. The minimum absolute atomic E-state index is 0.0384.